The first-order valence-corrected chi connectivity index (χ1v) is 7.38. The number of halogens is 2. The van der Waals surface area contributed by atoms with Crippen molar-refractivity contribution in [3.8, 4) is 5.75 Å². The van der Waals surface area contributed by atoms with Crippen molar-refractivity contribution in [2.24, 2.45) is 0 Å². The van der Waals surface area contributed by atoms with E-state index in [-0.39, 0.29) is 17.9 Å². The van der Waals surface area contributed by atoms with Crippen LogP contribution >= 0.6 is 23.2 Å². The van der Waals surface area contributed by atoms with Crippen molar-refractivity contribution >= 4 is 35.1 Å². The summed E-state index contributed by atoms with van der Waals surface area (Å²) in [6, 6.07) is 11.0. The van der Waals surface area contributed by atoms with Crippen LogP contribution in [0.2, 0.25) is 10.0 Å². The molecule has 120 valence electrons. The van der Waals surface area contributed by atoms with Gasteiger partial charge in [-0.15, -0.1) is 0 Å². The van der Waals surface area contributed by atoms with E-state index in [1.807, 2.05) is 6.07 Å². The lowest BCUT2D eigenvalue weighted by Gasteiger charge is -2.08. The molecule has 0 spiro atoms. The number of hydrogen-bond acceptors (Lipinski definition) is 4. The molecule has 0 atom stereocenters. The van der Waals surface area contributed by atoms with E-state index >= 15 is 0 Å². The monoisotopic (exact) mass is 353 g/mol. The summed E-state index contributed by atoms with van der Waals surface area (Å²) in [6.07, 6.45) is 0. The molecule has 1 amide bonds. The van der Waals surface area contributed by atoms with E-state index in [2.05, 4.69) is 5.32 Å². The zero-order valence-electron chi connectivity index (χ0n) is 11.9. The van der Waals surface area contributed by atoms with Crippen LogP contribution in [0, 0.1) is 0 Å². The fourth-order valence-corrected chi connectivity index (χ4v) is 2.16. The van der Waals surface area contributed by atoms with Gasteiger partial charge < -0.3 is 15.2 Å². The second-order valence-electron chi connectivity index (χ2n) is 4.64. The average Bonchev–Trinajstić information content (AvgIpc) is 2.50. The van der Waals surface area contributed by atoms with Gasteiger partial charge in [-0.3, -0.25) is 4.79 Å². The Kier molecular flexibility index (Phi) is 5.84. The van der Waals surface area contributed by atoms with Crippen molar-refractivity contribution in [2.45, 2.75) is 6.54 Å². The van der Waals surface area contributed by atoms with E-state index in [9.17, 15) is 14.7 Å². The van der Waals surface area contributed by atoms with Crippen LogP contribution in [0.25, 0.3) is 0 Å². The summed E-state index contributed by atoms with van der Waals surface area (Å²) in [4.78, 5) is 23.4. The second-order valence-corrected chi connectivity index (χ2v) is 5.52. The summed E-state index contributed by atoms with van der Waals surface area (Å²) in [6.45, 7) is -0.190. The first-order valence-electron chi connectivity index (χ1n) is 6.62. The molecule has 2 rings (SSSR count). The van der Waals surface area contributed by atoms with Crippen LogP contribution < -0.4 is 5.32 Å². The fraction of sp³-hybridized carbons (Fsp3) is 0.125. The Balaban J connectivity index is 1.83. The molecule has 0 saturated carbocycles. The van der Waals surface area contributed by atoms with Crippen LogP contribution in [0.5, 0.6) is 5.75 Å². The Bertz CT molecular complexity index is 734. The van der Waals surface area contributed by atoms with Gasteiger partial charge >= 0.3 is 5.97 Å². The van der Waals surface area contributed by atoms with Crippen molar-refractivity contribution in [3.63, 3.8) is 0 Å². The highest BCUT2D eigenvalue weighted by molar-refractivity contribution is 6.31. The van der Waals surface area contributed by atoms with Crippen molar-refractivity contribution in [2.75, 3.05) is 6.61 Å². The smallest absolute Gasteiger partial charge is 0.342 e. The number of esters is 1. The minimum atomic E-state index is -0.808. The third-order valence-corrected chi connectivity index (χ3v) is 3.36. The molecule has 0 aliphatic carbocycles. The SMILES string of the molecule is O=C(COC(=O)c1ccc(Cl)cc1O)NCc1cccc(Cl)c1. The van der Waals surface area contributed by atoms with E-state index in [4.69, 9.17) is 27.9 Å². The first-order chi connectivity index (χ1) is 11.0. The zero-order valence-corrected chi connectivity index (χ0v) is 13.4. The van der Waals surface area contributed by atoms with E-state index in [0.717, 1.165) is 5.56 Å². The normalized spacial score (nSPS) is 10.2. The molecule has 0 aromatic heterocycles. The van der Waals surface area contributed by atoms with Gasteiger partial charge in [0.1, 0.15) is 11.3 Å². The van der Waals surface area contributed by atoms with E-state index in [0.29, 0.717) is 10.0 Å². The minimum Gasteiger partial charge on any atom is -0.507 e. The Morgan fingerprint density at radius 2 is 1.83 bits per heavy atom. The molecule has 0 fully saturated rings. The third kappa shape index (κ3) is 5.16. The van der Waals surface area contributed by atoms with Crippen molar-refractivity contribution < 1.29 is 19.4 Å². The largest absolute Gasteiger partial charge is 0.507 e. The zero-order chi connectivity index (χ0) is 16.8. The van der Waals surface area contributed by atoms with Crippen LogP contribution in [0.3, 0.4) is 0 Å². The molecule has 0 aliphatic rings. The number of ether oxygens (including phenoxy) is 1. The number of nitrogens with one attached hydrogen (secondary N) is 1. The summed E-state index contributed by atoms with van der Waals surface area (Å²) in [7, 11) is 0. The van der Waals surface area contributed by atoms with Crippen LogP contribution in [0.4, 0.5) is 0 Å². The maximum Gasteiger partial charge on any atom is 0.342 e. The van der Waals surface area contributed by atoms with Gasteiger partial charge in [0.25, 0.3) is 5.91 Å². The molecular formula is C16H13Cl2NO4. The van der Waals surface area contributed by atoms with Gasteiger partial charge in [-0.05, 0) is 35.9 Å². The van der Waals surface area contributed by atoms with Gasteiger partial charge in [-0.1, -0.05) is 35.3 Å². The van der Waals surface area contributed by atoms with Gasteiger partial charge in [0, 0.05) is 16.6 Å². The van der Waals surface area contributed by atoms with Gasteiger partial charge in [0.05, 0.1) is 0 Å². The first kappa shape index (κ1) is 17.1. The molecule has 0 aliphatic heterocycles. The molecule has 2 N–H and O–H groups in total. The van der Waals surface area contributed by atoms with Crippen molar-refractivity contribution in [1.82, 2.24) is 5.32 Å². The molecular weight excluding hydrogens is 341 g/mol. The molecule has 0 radical (unpaired) electrons. The Hall–Kier alpha value is -2.24. The number of amides is 1. The highest BCUT2D eigenvalue weighted by atomic mass is 35.5. The number of benzene rings is 2. The fourth-order valence-electron chi connectivity index (χ4n) is 1.78. The number of rotatable bonds is 5. The summed E-state index contributed by atoms with van der Waals surface area (Å²) in [5.41, 5.74) is 0.768. The molecule has 2 aromatic rings. The standard InChI is InChI=1S/C16H13Cl2NO4/c17-11-3-1-2-10(6-11)8-19-15(21)9-23-16(22)13-5-4-12(18)7-14(13)20/h1-7,20H,8-9H2,(H,19,21). The highest BCUT2D eigenvalue weighted by Crippen LogP contribution is 2.22. The lowest BCUT2D eigenvalue weighted by molar-refractivity contribution is -0.124. The van der Waals surface area contributed by atoms with Crippen LogP contribution in [0.15, 0.2) is 42.5 Å². The molecule has 0 bridgehead atoms. The summed E-state index contributed by atoms with van der Waals surface area (Å²) < 4.78 is 4.84. The number of phenolic OH excluding ortho intramolecular Hbond substituents is 1. The van der Waals surface area contributed by atoms with Crippen molar-refractivity contribution in [3.05, 3.63) is 63.6 Å². The highest BCUT2D eigenvalue weighted by Gasteiger charge is 2.14. The van der Waals surface area contributed by atoms with Gasteiger partial charge in [0.15, 0.2) is 6.61 Å². The van der Waals surface area contributed by atoms with Crippen molar-refractivity contribution in [1.29, 1.82) is 0 Å². The average molecular weight is 354 g/mol. The molecule has 5 nitrogen and oxygen atoms in total. The third-order valence-electron chi connectivity index (χ3n) is 2.89. The van der Waals surface area contributed by atoms with Gasteiger partial charge in [-0.2, -0.15) is 0 Å². The molecule has 0 unspecified atom stereocenters. The molecule has 23 heavy (non-hydrogen) atoms. The Morgan fingerprint density at radius 1 is 1.09 bits per heavy atom. The summed E-state index contributed by atoms with van der Waals surface area (Å²) >= 11 is 11.5. The topological polar surface area (TPSA) is 75.6 Å². The lowest BCUT2D eigenvalue weighted by Crippen LogP contribution is -2.28. The molecule has 0 saturated heterocycles. The summed E-state index contributed by atoms with van der Waals surface area (Å²) in [5.74, 6) is -1.58. The van der Waals surface area contributed by atoms with E-state index < -0.39 is 18.5 Å². The minimum absolute atomic E-state index is 0.0583. The second kappa shape index (κ2) is 7.85. The van der Waals surface area contributed by atoms with E-state index in [1.54, 1.807) is 18.2 Å². The Labute approximate surface area is 142 Å². The quantitative estimate of drug-likeness (QED) is 0.809. The van der Waals surface area contributed by atoms with Crippen LogP contribution in [-0.4, -0.2) is 23.6 Å². The predicted octanol–water partition coefficient (Wildman–Crippen LogP) is 3.17. The number of phenols is 1. The maximum atomic E-state index is 11.8. The molecule has 7 heteroatoms. The molecule has 0 heterocycles. The van der Waals surface area contributed by atoms with Crippen LogP contribution in [-0.2, 0) is 16.1 Å². The predicted molar refractivity (Wildman–Crippen MR) is 86.7 cm³/mol. The van der Waals surface area contributed by atoms with Crippen LogP contribution in [0.1, 0.15) is 15.9 Å². The lowest BCUT2D eigenvalue weighted by atomic mass is 10.2. The number of carbonyl (C=O) groups is 2. The molecule has 2 aromatic carbocycles. The van der Waals surface area contributed by atoms with Gasteiger partial charge in [0.2, 0.25) is 0 Å². The summed E-state index contributed by atoms with van der Waals surface area (Å²) in [5, 5.41) is 13.1. The number of hydrogen-bond donors (Lipinski definition) is 2. The Morgan fingerprint density at radius 3 is 2.52 bits per heavy atom. The number of aromatic hydroxyl groups is 1. The van der Waals surface area contributed by atoms with E-state index in [1.165, 1.54) is 18.2 Å². The van der Waals surface area contributed by atoms with Gasteiger partial charge in [-0.25, -0.2) is 4.79 Å². The maximum absolute atomic E-state index is 11.8. The number of carbonyl (C=O) groups excluding carboxylic acids is 2.